The van der Waals surface area contributed by atoms with Crippen LogP contribution in [0.3, 0.4) is 0 Å². The maximum atomic E-state index is 13.9. The van der Waals surface area contributed by atoms with Crippen LogP contribution in [0.2, 0.25) is 0 Å². The molecular weight excluding hydrogens is 443 g/mol. The van der Waals surface area contributed by atoms with Crippen LogP contribution in [0, 0.1) is 5.82 Å². The number of hydrogen-bond donors (Lipinski definition) is 2. The third-order valence-corrected chi connectivity index (χ3v) is 6.55. The lowest BCUT2D eigenvalue weighted by Gasteiger charge is -2.20. The standard InChI is InChI=1S/C23H19FN6O2S/c1-13(29-23-21-22(26-11-25-21)27-12-28-23)17-9-14-7-8-15(24)10-18(14)30-20(17)16-5-3-4-6-19(16)33(2,31)32/h3-13H,1-2H3,(H2,25,26,27,28,29)/t13-/m0/s1. The molecule has 2 aromatic carbocycles. The molecule has 0 radical (unpaired) electrons. The number of halogens is 1. The molecule has 0 amide bonds. The van der Waals surface area contributed by atoms with Gasteiger partial charge >= 0.3 is 0 Å². The molecular formula is C23H19FN6O2S. The van der Waals surface area contributed by atoms with Crippen molar-refractivity contribution >= 4 is 37.7 Å². The fourth-order valence-corrected chi connectivity index (χ4v) is 4.74. The van der Waals surface area contributed by atoms with Crippen molar-refractivity contribution in [2.45, 2.75) is 17.9 Å². The number of hydrogen-bond acceptors (Lipinski definition) is 7. The molecule has 33 heavy (non-hydrogen) atoms. The van der Waals surface area contributed by atoms with E-state index in [0.29, 0.717) is 33.8 Å². The first-order valence-electron chi connectivity index (χ1n) is 10.1. The Bertz CT molecular complexity index is 1620. The van der Waals surface area contributed by atoms with Gasteiger partial charge in [-0.25, -0.2) is 32.7 Å². The number of rotatable bonds is 5. The van der Waals surface area contributed by atoms with Gasteiger partial charge in [-0.3, -0.25) is 0 Å². The fourth-order valence-electron chi connectivity index (χ4n) is 3.85. The molecule has 0 spiro atoms. The third kappa shape index (κ3) is 3.89. The lowest BCUT2D eigenvalue weighted by Crippen LogP contribution is -2.12. The summed E-state index contributed by atoms with van der Waals surface area (Å²) in [5, 5.41) is 4.08. The third-order valence-electron chi connectivity index (χ3n) is 5.39. The summed E-state index contributed by atoms with van der Waals surface area (Å²) in [7, 11) is -3.53. The molecule has 0 unspecified atom stereocenters. The molecule has 8 nitrogen and oxygen atoms in total. The maximum Gasteiger partial charge on any atom is 0.182 e. The number of nitrogens with zero attached hydrogens (tertiary/aromatic N) is 4. The van der Waals surface area contributed by atoms with E-state index in [4.69, 9.17) is 4.98 Å². The molecule has 0 saturated carbocycles. The van der Waals surface area contributed by atoms with E-state index < -0.39 is 15.7 Å². The molecule has 5 rings (SSSR count). The minimum Gasteiger partial charge on any atom is -0.362 e. The van der Waals surface area contributed by atoms with Crippen LogP contribution in [-0.2, 0) is 9.84 Å². The lowest BCUT2D eigenvalue weighted by molar-refractivity contribution is 0.602. The molecule has 1 atom stereocenters. The van der Waals surface area contributed by atoms with Gasteiger partial charge in [0.1, 0.15) is 17.7 Å². The van der Waals surface area contributed by atoms with Gasteiger partial charge in [0.05, 0.1) is 28.5 Å². The van der Waals surface area contributed by atoms with Gasteiger partial charge in [-0.1, -0.05) is 18.2 Å². The largest absolute Gasteiger partial charge is 0.362 e. The molecule has 2 N–H and O–H groups in total. The number of imidazole rings is 1. The summed E-state index contributed by atoms with van der Waals surface area (Å²) in [5.74, 6) is 0.130. The molecule has 0 aliphatic heterocycles. The zero-order valence-corrected chi connectivity index (χ0v) is 18.6. The molecule has 0 fully saturated rings. The summed E-state index contributed by atoms with van der Waals surface area (Å²) >= 11 is 0. The van der Waals surface area contributed by atoms with Gasteiger partial charge in [-0.2, -0.15) is 0 Å². The van der Waals surface area contributed by atoms with Crippen molar-refractivity contribution in [1.29, 1.82) is 0 Å². The Morgan fingerprint density at radius 2 is 1.88 bits per heavy atom. The Hall–Kier alpha value is -3.92. The number of aromatic amines is 1. The van der Waals surface area contributed by atoms with E-state index in [1.54, 1.807) is 30.3 Å². The molecule has 3 heterocycles. The summed E-state index contributed by atoms with van der Waals surface area (Å²) in [6.45, 7) is 1.92. The summed E-state index contributed by atoms with van der Waals surface area (Å²) in [6, 6.07) is 12.6. The van der Waals surface area contributed by atoms with Gasteiger partial charge in [-0.05, 0) is 31.2 Å². The molecule has 3 aromatic heterocycles. The highest BCUT2D eigenvalue weighted by Gasteiger charge is 2.22. The van der Waals surface area contributed by atoms with Crippen LogP contribution in [-0.4, -0.2) is 39.6 Å². The average Bonchev–Trinajstić information content (AvgIpc) is 3.27. The zero-order valence-electron chi connectivity index (χ0n) is 17.7. The predicted octanol–water partition coefficient (Wildman–Crippen LogP) is 4.28. The Labute approximate surface area is 188 Å². The van der Waals surface area contributed by atoms with E-state index in [-0.39, 0.29) is 10.9 Å². The summed E-state index contributed by atoms with van der Waals surface area (Å²) in [4.78, 5) is 20.5. The van der Waals surface area contributed by atoms with Crippen molar-refractivity contribution in [2.24, 2.45) is 0 Å². The predicted molar refractivity (Wildman–Crippen MR) is 124 cm³/mol. The van der Waals surface area contributed by atoms with Gasteiger partial charge in [0.15, 0.2) is 21.3 Å². The number of benzene rings is 2. The monoisotopic (exact) mass is 462 g/mol. The normalized spacial score (nSPS) is 12.8. The van der Waals surface area contributed by atoms with Gasteiger partial charge in [0.25, 0.3) is 0 Å². The zero-order chi connectivity index (χ0) is 23.2. The Kier molecular flexibility index (Phi) is 5.01. The van der Waals surface area contributed by atoms with Gasteiger partial charge in [0, 0.05) is 28.8 Å². The second-order valence-corrected chi connectivity index (χ2v) is 9.71. The second kappa shape index (κ2) is 7.89. The number of H-pyrrole nitrogens is 1. The summed E-state index contributed by atoms with van der Waals surface area (Å²) < 4.78 is 38.9. The molecule has 10 heteroatoms. The van der Waals surface area contributed by atoms with Gasteiger partial charge < -0.3 is 10.3 Å². The van der Waals surface area contributed by atoms with Crippen molar-refractivity contribution in [3.63, 3.8) is 0 Å². The highest BCUT2D eigenvalue weighted by molar-refractivity contribution is 7.90. The van der Waals surface area contributed by atoms with Gasteiger partial charge in [-0.15, -0.1) is 0 Å². The van der Waals surface area contributed by atoms with Crippen molar-refractivity contribution in [1.82, 2.24) is 24.9 Å². The highest BCUT2D eigenvalue weighted by atomic mass is 32.2. The van der Waals surface area contributed by atoms with Crippen LogP contribution in [0.5, 0.6) is 0 Å². The van der Waals surface area contributed by atoms with Crippen LogP contribution < -0.4 is 5.32 Å². The van der Waals surface area contributed by atoms with Crippen LogP contribution >= 0.6 is 0 Å². The number of aromatic nitrogens is 5. The number of fused-ring (bicyclic) bond motifs is 2. The molecule has 0 bridgehead atoms. The number of nitrogens with one attached hydrogen (secondary N) is 2. The molecule has 166 valence electrons. The smallest absolute Gasteiger partial charge is 0.182 e. The SMILES string of the molecule is C[C@H](Nc1ncnc2nc[nH]c12)c1cc2ccc(F)cc2nc1-c1ccccc1S(C)(=O)=O. The van der Waals surface area contributed by atoms with Crippen molar-refractivity contribution < 1.29 is 12.8 Å². The van der Waals surface area contributed by atoms with Crippen LogP contribution in [0.1, 0.15) is 18.5 Å². The first kappa shape index (κ1) is 21.0. The first-order chi connectivity index (χ1) is 15.8. The molecule has 0 saturated heterocycles. The van der Waals surface area contributed by atoms with Crippen molar-refractivity contribution in [3.8, 4) is 11.3 Å². The summed E-state index contributed by atoms with van der Waals surface area (Å²) in [5.41, 5.74) is 3.24. The van der Waals surface area contributed by atoms with E-state index in [1.165, 1.54) is 24.8 Å². The summed E-state index contributed by atoms with van der Waals surface area (Å²) in [6.07, 6.45) is 4.11. The minimum absolute atomic E-state index is 0.152. The first-order valence-corrected chi connectivity index (χ1v) is 12.0. The highest BCUT2D eigenvalue weighted by Crippen LogP contribution is 2.35. The average molecular weight is 463 g/mol. The molecule has 5 aromatic rings. The van der Waals surface area contributed by atoms with Crippen LogP contribution in [0.25, 0.3) is 33.3 Å². The number of anilines is 1. The second-order valence-electron chi connectivity index (χ2n) is 7.72. The Balaban J connectivity index is 1.71. The van der Waals surface area contributed by atoms with E-state index in [0.717, 1.165) is 17.2 Å². The quantitative estimate of drug-likeness (QED) is 0.401. The fraction of sp³-hybridized carbons (Fsp3) is 0.130. The van der Waals surface area contributed by atoms with Crippen molar-refractivity contribution in [2.75, 3.05) is 11.6 Å². The van der Waals surface area contributed by atoms with E-state index in [9.17, 15) is 12.8 Å². The topological polar surface area (TPSA) is 114 Å². The Morgan fingerprint density at radius 3 is 2.70 bits per heavy atom. The van der Waals surface area contributed by atoms with Crippen LogP contribution in [0.4, 0.5) is 10.2 Å². The number of pyridine rings is 1. The van der Waals surface area contributed by atoms with E-state index in [2.05, 4.69) is 25.3 Å². The van der Waals surface area contributed by atoms with Crippen LogP contribution in [0.15, 0.2) is 66.1 Å². The number of sulfone groups is 1. The van der Waals surface area contributed by atoms with Crippen molar-refractivity contribution in [3.05, 3.63) is 72.6 Å². The lowest BCUT2D eigenvalue weighted by atomic mass is 9.98. The maximum absolute atomic E-state index is 13.9. The van der Waals surface area contributed by atoms with E-state index in [1.807, 2.05) is 13.0 Å². The van der Waals surface area contributed by atoms with E-state index >= 15 is 0 Å². The molecule has 0 aliphatic carbocycles. The molecule has 0 aliphatic rings. The Morgan fingerprint density at radius 1 is 1.06 bits per heavy atom. The minimum atomic E-state index is -3.53. The van der Waals surface area contributed by atoms with Gasteiger partial charge in [0.2, 0.25) is 0 Å².